The van der Waals surface area contributed by atoms with Gasteiger partial charge in [-0.05, 0) is 64.0 Å². The number of likely N-dealkylation sites (tertiary alicyclic amines) is 1. The summed E-state index contributed by atoms with van der Waals surface area (Å²) < 4.78 is 0. The van der Waals surface area contributed by atoms with Gasteiger partial charge in [-0.15, -0.1) is 0 Å². The van der Waals surface area contributed by atoms with Gasteiger partial charge in [0.2, 0.25) is 0 Å². The molecule has 0 amide bonds. The molecule has 246 valence electrons. The first kappa shape index (κ1) is 37.2. The van der Waals surface area contributed by atoms with E-state index in [0.717, 1.165) is 87.4 Å². The second-order valence-corrected chi connectivity index (χ2v) is 12.6. The van der Waals surface area contributed by atoms with Gasteiger partial charge in [0, 0.05) is 54.0 Å². The lowest BCUT2D eigenvalue weighted by molar-refractivity contribution is 0.205. The molecule has 0 aromatic heterocycles. The average Bonchev–Trinajstić information content (AvgIpc) is 3.00. The van der Waals surface area contributed by atoms with Gasteiger partial charge in [-0.2, -0.15) is 0 Å². The van der Waals surface area contributed by atoms with E-state index in [-0.39, 0.29) is 17.6 Å². The van der Waals surface area contributed by atoms with Crippen molar-refractivity contribution in [3.8, 4) is 0 Å². The molecule has 0 radical (unpaired) electrons. The fraction of sp³-hybridized carbons (Fsp3) is 0.568. The van der Waals surface area contributed by atoms with Crippen LogP contribution in [0.4, 0.5) is 0 Å². The Labute approximate surface area is 269 Å². The van der Waals surface area contributed by atoms with E-state index in [4.69, 9.17) is 11.5 Å². The van der Waals surface area contributed by atoms with Crippen molar-refractivity contribution in [2.45, 2.75) is 103 Å². The van der Waals surface area contributed by atoms with Crippen LogP contribution in [0.3, 0.4) is 0 Å². The maximum absolute atomic E-state index is 6.85. The van der Waals surface area contributed by atoms with Crippen molar-refractivity contribution in [1.29, 1.82) is 0 Å². The standard InChI is InChI=1S/C37H63N7/c1-9-15-29(5)37(39)20-23-44(24-21-37)32(8)34(19-14-22-40-28(3)4)43-31(7)27-41-35(16-10-2)36(42-30(6)26-38)25-33-17-12-11-13-18-33/h11-13,15-18,28,34,36,40-43H,6-10,14,19-27,38-39H2,1-5H3. The summed E-state index contributed by atoms with van der Waals surface area (Å²) in [5.41, 5.74) is 19.1. The first-order valence-corrected chi connectivity index (χ1v) is 16.7. The summed E-state index contributed by atoms with van der Waals surface area (Å²) in [4.78, 5) is 2.43. The molecule has 1 heterocycles. The second kappa shape index (κ2) is 19.4. The first-order valence-electron chi connectivity index (χ1n) is 16.7. The molecule has 2 rings (SSSR count). The van der Waals surface area contributed by atoms with Gasteiger partial charge in [-0.25, -0.2) is 0 Å². The molecule has 2 atom stereocenters. The maximum Gasteiger partial charge on any atom is 0.0694 e. The molecular weight excluding hydrogens is 542 g/mol. The summed E-state index contributed by atoms with van der Waals surface area (Å²) in [5.74, 6) is 0. The van der Waals surface area contributed by atoms with Gasteiger partial charge in [0.15, 0.2) is 0 Å². The van der Waals surface area contributed by atoms with E-state index < -0.39 is 0 Å². The van der Waals surface area contributed by atoms with Crippen molar-refractivity contribution in [2.75, 3.05) is 32.7 Å². The van der Waals surface area contributed by atoms with Crippen LogP contribution in [0.5, 0.6) is 0 Å². The summed E-state index contributed by atoms with van der Waals surface area (Å²) in [6.07, 6.45) is 11.2. The van der Waals surface area contributed by atoms with E-state index in [1.54, 1.807) is 0 Å². The molecule has 7 heteroatoms. The van der Waals surface area contributed by atoms with Crippen LogP contribution < -0.4 is 32.7 Å². The second-order valence-electron chi connectivity index (χ2n) is 12.6. The molecule has 44 heavy (non-hydrogen) atoms. The molecule has 1 fully saturated rings. The largest absolute Gasteiger partial charge is 0.381 e. The average molecular weight is 606 g/mol. The summed E-state index contributed by atoms with van der Waals surface area (Å²) in [7, 11) is 0. The Hall–Kier alpha value is -3.00. The normalized spacial score (nSPS) is 16.8. The molecule has 8 N–H and O–H groups in total. The molecule has 2 unspecified atom stereocenters. The Morgan fingerprint density at radius 2 is 1.61 bits per heavy atom. The molecule has 0 bridgehead atoms. The number of nitrogens with two attached hydrogens (primary N) is 2. The smallest absolute Gasteiger partial charge is 0.0694 e. The van der Waals surface area contributed by atoms with E-state index in [9.17, 15) is 0 Å². The zero-order chi connectivity index (χ0) is 32.5. The number of rotatable bonds is 21. The summed E-state index contributed by atoms with van der Waals surface area (Å²) in [5, 5.41) is 14.5. The molecule has 1 aromatic carbocycles. The minimum atomic E-state index is -0.216. The number of piperidine rings is 1. The van der Waals surface area contributed by atoms with Crippen molar-refractivity contribution >= 4 is 0 Å². The quantitative estimate of drug-likeness (QED) is 0.0818. The Morgan fingerprint density at radius 3 is 2.20 bits per heavy atom. The predicted octanol–water partition coefficient (Wildman–Crippen LogP) is 5.46. The zero-order valence-electron chi connectivity index (χ0n) is 28.5. The molecule has 1 saturated heterocycles. The van der Waals surface area contributed by atoms with E-state index in [0.29, 0.717) is 19.1 Å². The number of benzene rings is 1. The Balaban J connectivity index is 2.11. The molecule has 0 saturated carbocycles. The summed E-state index contributed by atoms with van der Waals surface area (Å²) >= 11 is 0. The van der Waals surface area contributed by atoms with Crippen LogP contribution in [0, 0.1) is 0 Å². The van der Waals surface area contributed by atoms with Crippen molar-refractivity contribution in [3.63, 3.8) is 0 Å². The van der Waals surface area contributed by atoms with Gasteiger partial charge in [0.1, 0.15) is 0 Å². The molecular formula is C37H63N7. The van der Waals surface area contributed by atoms with Gasteiger partial charge < -0.3 is 37.6 Å². The van der Waals surface area contributed by atoms with E-state index >= 15 is 0 Å². The third-order valence-corrected chi connectivity index (χ3v) is 8.57. The lowest BCUT2D eigenvalue weighted by Crippen LogP contribution is -2.52. The highest BCUT2D eigenvalue weighted by molar-refractivity contribution is 5.24. The van der Waals surface area contributed by atoms with E-state index in [1.807, 2.05) is 6.07 Å². The molecule has 0 aliphatic carbocycles. The fourth-order valence-corrected chi connectivity index (χ4v) is 5.79. The predicted molar refractivity (Wildman–Crippen MR) is 191 cm³/mol. The Kier molecular flexibility index (Phi) is 16.4. The van der Waals surface area contributed by atoms with Gasteiger partial charge >= 0.3 is 0 Å². The third-order valence-electron chi connectivity index (χ3n) is 8.57. The highest BCUT2D eigenvalue weighted by Crippen LogP contribution is 2.30. The number of hydrogen-bond donors (Lipinski definition) is 6. The van der Waals surface area contributed by atoms with Crippen LogP contribution >= 0.6 is 0 Å². The van der Waals surface area contributed by atoms with Crippen molar-refractivity contribution < 1.29 is 0 Å². The minimum Gasteiger partial charge on any atom is -0.381 e. The van der Waals surface area contributed by atoms with Crippen LogP contribution in [-0.2, 0) is 6.42 Å². The van der Waals surface area contributed by atoms with E-state index in [2.05, 4.69) is 117 Å². The fourth-order valence-electron chi connectivity index (χ4n) is 5.79. The van der Waals surface area contributed by atoms with Crippen molar-refractivity contribution in [1.82, 2.24) is 26.2 Å². The van der Waals surface area contributed by atoms with Crippen LogP contribution in [0.2, 0.25) is 0 Å². The summed E-state index contributed by atoms with van der Waals surface area (Å²) in [6.45, 7) is 27.9. The number of nitrogens with zero attached hydrogens (tertiary/aromatic N) is 1. The first-order chi connectivity index (χ1) is 21.0. The van der Waals surface area contributed by atoms with Crippen molar-refractivity contribution in [2.24, 2.45) is 11.5 Å². The summed E-state index contributed by atoms with van der Waals surface area (Å²) in [6, 6.07) is 11.1. The number of hydrogen-bond acceptors (Lipinski definition) is 7. The lowest BCUT2D eigenvalue weighted by Gasteiger charge is -2.43. The van der Waals surface area contributed by atoms with Crippen molar-refractivity contribution in [3.05, 3.63) is 96.1 Å². The lowest BCUT2D eigenvalue weighted by atomic mass is 9.81. The van der Waals surface area contributed by atoms with Crippen LogP contribution in [0.15, 0.2) is 90.6 Å². The molecule has 1 aliphatic heterocycles. The SMILES string of the molecule is C=C(CNC(=CCC)C(Cc1ccccc1)NC(=C)CN)NC(CCCNC(C)C)C(=C)N1CCC(N)(C(C)=CCC)CC1. The van der Waals surface area contributed by atoms with Gasteiger partial charge in [0.05, 0.1) is 18.6 Å². The molecule has 0 spiro atoms. The topological polar surface area (TPSA) is 103 Å². The third kappa shape index (κ3) is 12.5. The minimum absolute atomic E-state index is 0.0316. The highest BCUT2D eigenvalue weighted by atomic mass is 15.2. The van der Waals surface area contributed by atoms with E-state index in [1.165, 1.54) is 11.1 Å². The number of nitrogens with one attached hydrogen (secondary N) is 4. The Bertz CT molecular complexity index is 1080. The highest BCUT2D eigenvalue weighted by Gasteiger charge is 2.33. The molecule has 7 nitrogen and oxygen atoms in total. The van der Waals surface area contributed by atoms with Gasteiger partial charge in [0.25, 0.3) is 0 Å². The van der Waals surface area contributed by atoms with Gasteiger partial charge in [-0.3, -0.25) is 0 Å². The van der Waals surface area contributed by atoms with Gasteiger partial charge in [-0.1, -0.05) is 95.5 Å². The van der Waals surface area contributed by atoms with Crippen LogP contribution in [-0.4, -0.2) is 61.3 Å². The van der Waals surface area contributed by atoms with Crippen LogP contribution in [0.25, 0.3) is 0 Å². The molecule has 1 aliphatic rings. The maximum atomic E-state index is 6.85. The van der Waals surface area contributed by atoms with Crippen LogP contribution in [0.1, 0.15) is 78.7 Å². The zero-order valence-corrected chi connectivity index (χ0v) is 28.5. The molecule has 1 aromatic rings. The number of allylic oxidation sites excluding steroid dienone is 2. The monoisotopic (exact) mass is 606 g/mol. The Morgan fingerprint density at radius 1 is 0.977 bits per heavy atom.